The van der Waals surface area contributed by atoms with Crippen LogP contribution in [0.1, 0.15) is 38.3 Å². The summed E-state index contributed by atoms with van der Waals surface area (Å²) >= 11 is 0. The first-order valence-corrected chi connectivity index (χ1v) is 9.00. The first-order valence-electron chi connectivity index (χ1n) is 9.00. The Labute approximate surface area is 159 Å². The fourth-order valence-electron chi connectivity index (χ4n) is 2.93. The molecule has 2 unspecified atom stereocenters. The summed E-state index contributed by atoms with van der Waals surface area (Å²) in [6, 6.07) is 16.5. The van der Waals surface area contributed by atoms with Gasteiger partial charge in [0, 0.05) is 11.4 Å². The first-order chi connectivity index (χ1) is 12.8. The summed E-state index contributed by atoms with van der Waals surface area (Å²) in [6.45, 7) is 6.42. The summed E-state index contributed by atoms with van der Waals surface area (Å²) < 4.78 is 0. The van der Waals surface area contributed by atoms with Crippen molar-refractivity contribution in [1.29, 1.82) is 5.26 Å². The number of nitriles is 1. The predicted octanol–water partition coefficient (Wildman–Crippen LogP) is 4.07. The third kappa shape index (κ3) is 4.53. The van der Waals surface area contributed by atoms with E-state index >= 15 is 0 Å². The SMILES string of the molecule is CC(C)(C)c1ccc(NC(=O)C2CC2C(=O)Nc2ccc(C#N)cc2)cc1. The zero-order valence-electron chi connectivity index (χ0n) is 15.7. The van der Waals surface area contributed by atoms with Crippen molar-refractivity contribution in [3.8, 4) is 6.07 Å². The third-order valence-electron chi connectivity index (χ3n) is 4.76. The molecule has 0 heterocycles. The summed E-state index contributed by atoms with van der Waals surface area (Å²) in [6.07, 6.45) is 0.550. The van der Waals surface area contributed by atoms with Crippen LogP contribution in [0.4, 0.5) is 11.4 Å². The van der Waals surface area contributed by atoms with Gasteiger partial charge in [0.25, 0.3) is 0 Å². The van der Waals surface area contributed by atoms with Crippen molar-refractivity contribution in [3.05, 3.63) is 59.7 Å². The monoisotopic (exact) mass is 361 g/mol. The number of amides is 2. The van der Waals surface area contributed by atoms with E-state index in [1.54, 1.807) is 24.3 Å². The van der Waals surface area contributed by atoms with E-state index in [0.29, 0.717) is 17.7 Å². The average Bonchev–Trinajstić information content (AvgIpc) is 3.43. The van der Waals surface area contributed by atoms with Crippen LogP contribution in [-0.4, -0.2) is 11.8 Å². The third-order valence-corrected chi connectivity index (χ3v) is 4.76. The predicted molar refractivity (Wildman–Crippen MR) is 105 cm³/mol. The van der Waals surface area contributed by atoms with Gasteiger partial charge >= 0.3 is 0 Å². The van der Waals surface area contributed by atoms with Crippen LogP contribution in [-0.2, 0) is 15.0 Å². The minimum atomic E-state index is -0.311. The van der Waals surface area contributed by atoms with Gasteiger partial charge in [0.05, 0.1) is 23.5 Å². The standard InChI is InChI=1S/C22H23N3O2/c1-22(2,3)15-6-10-17(11-7-15)25-21(27)19-12-18(19)20(26)24-16-8-4-14(13-23)5-9-16/h4-11,18-19H,12H2,1-3H3,(H,24,26)(H,25,27). The fraction of sp³-hybridized carbons (Fsp3) is 0.318. The molecular weight excluding hydrogens is 338 g/mol. The second-order valence-corrected chi connectivity index (χ2v) is 7.94. The lowest BCUT2D eigenvalue weighted by Gasteiger charge is -2.19. The van der Waals surface area contributed by atoms with Crippen LogP contribution < -0.4 is 10.6 Å². The minimum Gasteiger partial charge on any atom is -0.326 e. The summed E-state index contributed by atoms with van der Waals surface area (Å²) in [5, 5.41) is 14.5. The van der Waals surface area contributed by atoms with Gasteiger partial charge in [-0.05, 0) is 53.8 Å². The Kier molecular flexibility index (Phi) is 5.00. The molecule has 2 aromatic rings. The number of rotatable bonds is 4. The first kappa shape index (κ1) is 18.7. The highest BCUT2D eigenvalue weighted by molar-refractivity contribution is 6.03. The van der Waals surface area contributed by atoms with Gasteiger partial charge in [-0.25, -0.2) is 0 Å². The van der Waals surface area contributed by atoms with E-state index in [-0.39, 0.29) is 29.1 Å². The number of carbonyl (C=O) groups excluding carboxylic acids is 2. The van der Waals surface area contributed by atoms with E-state index in [9.17, 15) is 9.59 Å². The second-order valence-electron chi connectivity index (χ2n) is 7.94. The second kappa shape index (κ2) is 7.24. The molecule has 27 heavy (non-hydrogen) atoms. The molecule has 0 saturated heterocycles. The van der Waals surface area contributed by atoms with Crippen molar-refractivity contribution in [2.75, 3.05) is 10.6 Å². The molecule has 1 saturated carbocycles. The van der Waals surface area contributed by atoms with E-state index in [2.05, 4.69) is 31.4 Å². The van der Waals surface area contributed by atoms with Gasteiger partial charge in [-0.2, -0.15) is 5.26 Å². The fourth-order valence-corrected chi connectivity index (χ4v) is 2.93. The molecule has 138 valence electrons. The van der Waals surface area contributed by atoms with Crippen molar-refractivity contribution in [1.82, 2.24) is 0 Å². The smallest absolute Gasteiger partial charge is 0.228 e. The largest absolute Gasteiger partial charge is 0.326 e. The van der Waals surface area contributed by atoms with Gasteiger partial charge in [0.1, 0.15) is 0 Å². The normalized spacial score (nSPS) is 18.3. The molecule has 0 aromatic heterocycles. The van der Waals surface area contributed by atoms with Crippen molar-refractivity contribution >= 4 is 23.2 Å². The molecule has 0 radical (unpaired) electrons. The molecular formula is C22H23N3O2. The van der Waals surface area contributed by atoms with Gasteiger partial charge in [0.2, 0.25) is 11.8 Å². The Balaban J connectivity index is 1.53. The van der Waals surface area contributed by atoms with Crippen molar-refractivity contribution in [2.45, 2.75) is 32.6 Å². The highest BCUT2D eigenvalue weighted by atomic mass is 16.2. The lowest BCUT2D eigenvalue weighted by molar-refractivity contribution is -0.122. The minimum absolute atomic E-state index is 0.0632. The molecule has 1 aliphatic rings. The summed E-state index contributed by atoms with van der Waals surface area (Å²) in [5.41, 5.74) is 3.17. The average molecular weight is 361 g/mol. The highest BCUT2D eigenvalue weighted by Crippen LogP contribution is 2.40. The molecule has 5 heteroatoms. The van der Waals surface area contributed by atoms with Crippen molar-refractivity contribution in [3.63, 3.8) is 0 Å². The van der Waals surface area contributed by atoms with Crippen molar-refractivity contribution < 1.29 is 9.59 Å². The van der Waals surface area contributed by atoms with Crippen LogP contribution in [0.25, 0.3) is 0 Å². The van der Waals surface area contributed by atoms with Crippen LogP contribution >= 0.6 is 0 Å². The molecule has 2 N–H and O–H groups in total. The van der Waals surface area contributed by atoms with E-state index in [0.717, 1.165) is 5.69 Å². The number of anilines is 2. The maximum atomic E-state index is 12.4. The Hall–Kier alpha value is -3.13. The number of benzene rings is 2. The van der Waals surface area contributed by atoms with Crippen LogP contribution in [0, 0.1) is 23.2 Å². The molecule has 0 bridgehead atoms. The Bertz CT molecular complexity index is 887. The topological polar surface area (TPSA) is 82.0 Å². The van der Waals surface area contributed by atoms with E-state index in [1.807, 2.05) is 30.3 Å². The number of hydrogen-bond acceptors (Lipinski definition) is 3. The van der Waals surface area contributed by atoms with E-state index in [4.69, 9.17) is 5.26 Å². The molecule has 2 aromatic carbocycles. The molecule has 1 aliphatic carbocycles. The van der Waals surface area contributed by atoms with Gasteiger partial charge < -0.3 is 10.6 Å². The number of nitrogens with zero attached hydrogens (tertiary/aromatic N) is 1. The molecule has 2 atom stereocenters. The van der Waals surface area contributed by atoms with Gasteiger partial charge in [-0.15, -0.1) is 0 Å². The van der Waals surface area contributed by atoms with Crippen molar-refractivity contribution in [2.24, 2.45) is 11.8 Å². The van der Waals surface area contributed by atoms with Gasteiger partial charge in [0.15, 0.2) is 0 Å². The molecule has 0 spiro atoms. The molecule has 1 fully saturated rings. The molecule has 0 aliphatic heterocycles. The van der Waals surface area contributed by atoms with Gasteiger partial charge in [-0.3, -0.25) is 9.59 Å². The van der Waals surface area contributed by atoms with Gasteiger partial charge in [-0.1, -0.05) is 32.9 Å². The Morgan fingerprint density at radius 3 is 1.74 bits per heavy atom. The molecule has 3 rings (SSSR count). The summed E-state index contributed by atoms with van der Waals surface area (Å²) in [5.74, 6) is -0.901. The summed E-state index contributed by atoms with van der Waals surface area (Å²) in [4.78, 5) is 24.7. The Morgan fingerprint density at radius 1 is 0.889 bits per heavy atom. The van der Waals surface area contributed by atoms with Crippen LogP contribution in [0.5, 0.6) is 0 Å². The zero-order valence-corrected chi connectivity index (χ0v) is 15.7. The Morgan fingerprint density at radius 2 is 1.33 bits per heavy atom. The number of carbonyl (C=O) groups is 2. The number of nitrogens with one attached hydrogen (secondary N) is 2. The number of hydrogen-bond donors (Lipinski definition) is 2. The lowest BCUT2D eigenvalue weighted by atomic mass is 9.87. The van der Waals surface area contributed by atoms with Crippen LogP contribution in [0.3, 0.4) is 0 Å². The highest BCUT2D eigenvalue weighted by Gasteiger charge is 2.48. The lowest BCUT2D eigenvalue weighted by Crippen LogP contribution is -2.20. The quantitative estimate of drug-likeness (QED) is 0.861. The van der Waals surface area contributed by atoms with Crippen LogP contribution in [0.15, 0.2) is 48.5 Å². The maximum absolute atomic E-state index is 12.4. The van der Waals surface area contributed by atoms with E-state index < -0.39 is 0 Å². The summed E-state index contributed by atoms with van der Waals surface area (Å²) in [7, 11) is 0. The van der Waals surface area contributed by atoms with E-state index in [1.165, 1.54) is 5.56 Å². The molecule has 2 amide bonds. The maximum Gasteiger partial charge on any atom is 0.228 e. The molecule has 5 nitrogen and oxygen atoms in total. The van der Waals surface area contributed by atoms with Crippen LogP contribution in [0.2, 0.25) is 0 Å². The zero-order chi connectivity index (χ0) is 19.6.